The molecule has 0 saturated heterocycles. The Bertz CT molecular complexity index is 1040. The van der Waals surface area contributed by atoms with E-state index < -0.39 is 5.97 Å². The maximum atomic E-state index is 13.5. The standard InChI is InChI=1S/C24H28Cl2N2O4/c1-5-6-9-32-23-18(14(2)10-15(3)27-23)13-28-8-7-17-19(25)11-16(12-20(29)31-4)22(26)21(17)24(28)30/h10-11H,5-9,12-13H2,1-4H3. The van der Waals surface area contributed by atoms with E-state index in [9.17, 15) is 9.59 Å². The van der Waals surface area contributed by atoms with Gasteiger partial charge in [0.15, 0.2) is 0 Å². The average Bonchev–Trinajstić information content (AvgIpc) is 2.75. The Labute approximate surface area is 198 Å². The van der Waals surface area contributed by atoms with Crippen LogP contribution in [0, 0.1) is 13.8 Å². The normalized spacial score (nSPS) is 13.2. The largest absolute Gasteiger partial charge is 0.477 e. The number of aromatic nitrogens is 1. The van der Waals surface area contributed by atoms with Crippen LogP contribution in [-0.4, -0.2) is 42.0 Å². The van der Waals surface area contributed by atoms with Crippen molar-refractivity contribution in [1.82, 2.24) is 9.88 Å². The van der Waals surface area contributed by atoms with Gasteiger partial charge in [-0.3, -0.25) is 9.59 Å². The highest BCUT2D eigenvalue weighted by atomic mass is 35.5. The zero-order chi connectivity index (χ0) is 23.4. The van der Waals surface area contributed by atoms with E-state index in [4.69, 9.17) is 32.7 Å². The molecule has 1 aromatic heterocycles. The van der Waals surface area contributed by atoms with Crippen LogP contribution in [0.25, 0.3) is 0 Å². The lowest BCUT2D eigenvalue weighted by Gasteiger charge is -2.31. The first-order valence-electron chi connectivity index (χ1n) is 10.7. The number of benzene rings is 1. The van der Waals surface area contributed by atoms with E-state index in [2.05, 4.69) is 11.9 Å². The molecule has 0 saturated carbocycles. The summed E-state index contributed by atoms with van der Waals surface area (Å²) in [5, 5.41) is 0.691. The Hall–Kier alpha value is -2.31. The highest BCUT2D eigenvalue weighted by molar-refractivity contribution is 6.37. The third kappa shape index (κ3) is 5.18. The van der Waals surface area contributed by atoms with Crippen molar-refractivity contribution in [3.05, 3.63) is 55.7 Å². The molecule has 2 heterocycles. The van der Waals surface area contributed by atoms with Crippen LogP contribution < -0.4 is 4.74 Å². The summed E-state index contributed by atoms with van der Waals surface area (Å²) in [5.41, 5.74) is 4.33. The van der Waals surface area contributed by atoms with Crippen molar-refractivity contribution in [2.24, 2.45) is 0 Å². The van der Waals surface area contributed by atoms with Crippen LogP contribution in [0.4, 0.5) is 0 Å². The molecule has 2 aromatic rings. The number of ether oxygens (including phenoxy) is 2. The van der Waals surface area contributed by atoms with Crippen LogP contribution in [0.2, 0.25) is 10.0 Å². The molecule has 0 N–H and O–H groups in total. The number of halogens is 2. The molecule has 172 valence electrons. The van der Waals surface area contributed by atoms with Gasteiger partial charge in [-0.1, -0.05) is 36.5 Å². The Morgan fingerprint density at radius 3 is 2.69 bits per heavy atom. The molecule has 1 amide bonds. The lowest BCUT2D eigenvalue weighted by Crippen LogP contribution is -2.38. The molecule has 8 heteroatoms. The molecule has 32 heavy (non-hydrogen) atoms. The monoisotopic (exact) mass is 478 g/mol. The summed E-state index contributed by atoms with van der Waals surface area (Å²) in [4.78, 5) is 31.5. The van der Waals surface area contributed by atoms with Gasteiger partial charge in [-0.05, 0) is 55.5 Å². The molecule has 1 aromatic carbocycles. The molecule has 0 spiro atoms. The van der Waals surface area contributed by atoms with E-state index >= 15 is 0 Å². The fraction of sp³-hybridized carbons (Fsp3) is 0.458. The van der Waals surface area contributed by atoms with Crippen molar-refractivity contribution >= 4 is 35.1 Å². The number of carbonyl (C=O) groups is 2. The number of fused-ring (bicyclic) bond motifs is 1. The van der Waals surface area contributed by atoms with Gasteiger partial charge >= 0.3 is 5.97 Å². The number of unbranched alkanes of at least 4 members (excludes halogenated alkanes) is 1. The van der Waals surface area contributed by atoms with Crippen molar-refractivity contribution in [3.63, 3.8) is 0 Å². The van der Waals surface area contributed by atoms with Crippen molar-refractivity contribution in [3.8, 4) is 5.88 Å². The molecule has 0 aliphatic carbocycles. The van der Waals surface area contributed by atoms with Crippen molar-refractivity contribution < 1.29 is 19.1 Å². The van der Waals surface area contributed by atoms with Crippen LogP contribution in [0.5, 0.6) is 5.88 Å². The molecular formula is C24H28Cl2N2O4. The number of aryl methyl sites for hydroxylation is 2. The molecule has 6 nitrogen and oxygen atoms in total. The number of hydrogen-bond acceptors (Lipinski definition) is 5. The highest BCUT2D eigenvalue weighted by Crippen LogP contribution is 2.36. The smallest absolute Gasteiger partial charge is 0.310 e. The highest BCUT2D eigenvalue weighted by Gasteiger charge is 2.31. The fourth-order valence-electron chi connectivity index (χ4n) is 3.84. The predicted octanol–water partition coefficient (Wildman–Crippen LogP) is 5.10. The molecular weight excluding hydrogens is 451 g/mol. The first kappa shape index (κ1) is 24.3. The van der Waals surface area contributed by atoms with Crippen LogP contribution in [-0.2, 0) is 28.9 Å². The molecule has 0 unspecified atom stereocenters. The van der Waals surface area contributed by atoms with Crippen LogP contribution in [0.3, 0.4) is 0 Å². The van der Waals surface area contributed by atoms with Gasteiger partial charge in [-0.15, -0.1) is 0 Å². The van der Waals surface area contributed by atoms with E-state index in [0.29, 0.717) is 53.7 Å². The SMILES string of the molecule is CCCCOc1nc(C)cc(C)c1CN1CCc2c(Cl)cc(CC(=O)OC)c(Cl)c2C1=O. The molecule has 0 bridgehead atoms. The molecule has 0 atom stereocenters. The summed E-state index contributed by atoms with van der Waals surface area (Å²) in [6, 6.07) is 3.64. The fourth-order valence-corrected chi connectivity index (χ4v) is 4.48. The average molecular weight is 479 g/mol. The number of methoxy groups -OCH3 is 1. The zero-order valence-corrected chi connectivity index (χ0v) is 20.4. The predicted molar refractivity (Wildman–Crippen MR) is 125 cm³/mol. The van der Waals surface area contributed by atoms with Crippen molar-refractivity contribution in [2.75, 3.05) is 20.3 Å². The van der Waals surface area contributed by atoms with E-state index in [-0.39, 0.29) is 17.4 Å². The molecule has 3 rings (SSSR count). The number of nitrogens with zero attached hydrogens (tertiary/aromatic N) is 2. The number of carbonyl (C=O) groups excluding carboxylic acids is 2. The maximum absolute atomic E-state index is 13.5. The van der Waals surface area contributed by atoms with Gasteiger partial charge in [0.25, 0.3) is 5.91 Å². The summed E-state index contributed by atoms with van der Waals surface area (Å²) >= 11 is 13.0. The minimum atomic E-state index is -0.446. The van der Waals surface area contributed by atoms with Crippen molar-refractivity contribution in [1.29, 1.82) is 0 Å². The number of esters is 1. The van der Waals surface area contributed by atoms with Crippen LogP contribution in [0.15, 0.2) is 12.1 Å². The number of pyridine rings is 1. The summed E-state index contributed by atoms with van der Waals surface area (Å²) in [5.74, 6) is -0.0966. The Morgan fingerprint density at radius 1 is 1.25 bits per heavy atom. The van der Waals surface area contributed by atoms with Crippen LogP contribution in [0.1, 0.15) is 58.1 Å². The first-order valence-corrected chi connectivity index (χ1v) is 11.5. The number of amides is 1. The minimum absolute atomic E-state index is 0.0496. The third-order valence-electron chi connectivity index (χ3n) is 5.61. The minimum Gasteiger partial charge on any atom is -0.477 e. The van der Waals surface area contributed by atoms with E-state index in [0.717, 1.165) is 29.7 Å². The van der Waals surface area contributed by atoms with E-state index in [1.165, 1.54) is 7.11 Å². The second kappa shape index (κ2) is 10.5. The van der Waals surface area contributed by atoms with E-state index in [1.807, 2.05) is 19.9 Å². The summed E-state index contributed by atoms with van der Waals surface area (Å²) in [6.45, 7) is 7.46. The molecule has 0 fully saturated rings. The van der Waals surface area contributed by atoms with Gasteiger partial charge in [0.05, 0.1) is 37.3 Å². The Balaban J connectivity index is 1.93. The van der Waals surface area contributed by atoms with E-state index in [1.54, 1.807) is 11.0 Å². The summed E-state index contributed by atoms with van der Waals surface area (Å²) in [6.07, 6.45) is 2.48. The molecule has 0 radical (unpaired) electrons. The van der Waals surface area contributed by atoms with Gasteiger partial charge in [-0.2, -0.15) is 0 Å². The van der Waals surface area contributed by atoms with Gasteiger partial charge in [0.1, 0.15) is 0 Å². The Kier molecular flexibility index (Phi) is 8.01. The number of rotatable bonds is 8. The number of hydrogen-bond donors (Lipinski definition) is 0. The lowest BCUT2D eigenvalue weighted by atomic mass is 9.94. The van der Waals surface area contributed by atoms with Gasteiger partial charge in [0.2, 0.25) is 5.88 Å². The van der Waals surface area contributed by atoms with Gasteiger partial charge in [-0.25, -0.2) is 4.98 Å². The van der Waals surface area contributed by atoms with Gasteiger partial charge in [0, 0.05) is 22.8 Å². The van der Waals surface area contributed by atoms with Crippen LogP contribution >= 0.6 is 23.2 Å². The Morgan fingerprint density at radius 2 is 2.00 bits per heavy atom. The molecule has 1 aliphatic heterocycles. The third-order valence-corrected chi connectivity index (χ3v) is 6.38. The topological polar surface area (TPSA) is 68.7 Å². The summed E-state index contributed by atoms with van der Waals surface area (Å²) < 4.78 is 10.7. The summed E-state index contributed by atoms with van der Waals surface area (Å²) in [7, 11) is 1.31. The second-order valence-electron chi connectivity index (χ2n) is 7.98. The lowest BCUT2D eigenvalue weighted by molar-refractivity contribution is -0.139. The molecule has 1 aliphatic rings. The zero-order valence-electron chi connectivity index (χ0n) is 18.9. The van der Waals surface area contributed by atoms with Crippen molar-refractivity contribution in [2.45, 2.75) is 53.0 Å². The quantitative estimate of drug-likeness (QED) is 0.389. The second-order valence-corrected chi connectivity index (χ2v) is 8.77. The first-order chi connectivity index (χ1) is 15.3. The van der Waals surface area contributed by atoms with Gasteiger partial charge < -0.3 is 14.4 Å². The maximum Gasteiger partial charge on any atom is 0.310 e.